The van der Waals surface area contributed by atoms with Crippen LogP contribution in [0.25, 0.3) is 0 Å². The first kappa shape index (κ1) is 25.7. The highest BCUT2D eigenvalue weighted by atomic mass is 16.6. The predicted octanol–water partition coefficient (Wildman–Crippen LogP) is 5.20. The number of hydrogen-bond acceptors (Lipinski definition) is 10. The molecule has 10 nitrogen and oxygen atoms in total. The van der Waals surface area contributed by atoms with Gasteiger partial charge in [-0.3, -0.25) is 0 Å². The van der Waals surface area contributed by atoms with Crippen LogP contribution >= 0.6 is 0 Å². The summed E-state index contributed by atoms with van der Waals surface area (Å²) < 4.78 is 11.0. The fourth-order valence-corrected chi connectivity index (χ4v) is 4.04. The van der Waals surface area contributed by atoms with E-state index in [0.717, 1.165) is 42.7 Å². The number of carbonyl (C=O) groups excluding carboxylic acids is 1. The van der Waals surface area contributed by atoms with Gasteiger partial charge in [0.1, 0.15) is 0 Å². The molecule has 3 aromatic carbocycles. The van der Waals surface area contributed by atoms with Crippen molar-refractivity contribution in [3.05, 3.63) is 89.5 Å². The second-order valence-corrected chi connectivity index (χ2v) is 9.00. The summed E-state index contributed by atoms with van der Waals surface area (Å²) in [6.45, 7) is 3.76. The Morgan fingerprint density at radius 2 is 1.67 bits per heavy atom. The first-order valence-electron chi connectivity index (χ1n) is 12.7. The molecule has 1 fully saturated rings. The molecule has 1 aromatic heterocycles. The van der Waals surface area contributed by atoms with E-state index in [1.165, 1.54) is 7.11 Å². The highest BCUT2D eigenvalue weighted by Crippen LogP contribution is 2.28. The van der Waals surface area contributed by atoms with Crippen LogP contribution in [0, 0.1) is 6.92 Å². The predicted molar refractivity (Wildman–Crippen MR) is 151 cm³/mol. The molecule has 0 spiro atoms. The molecule has 0 unspecified atom stereocenters. The number of aryl methyl sites for hydroxylation is 1. The van der Waals surface area contributed by atoms with Crippen molar-refractivity contribution in [3.8, 4) is 11.5 Å². The van der Waals surface area contributed by atoms with E-state index in [2.05, 4.69) is 35.7 Å². The van der Waals surface area contributed by atoms with Gasteiger partial charge < -0.3 is 19.7 Å². The van der Waals surface area contributed by atoms with Crippen molar-refractivity contribution in [1.29, 1.82) is 0 Å². The lowest BCUT2D eigenvalue weighted by molar-refractivity contribution is 0.0729. The molecular formula is C29H29N7O3. The number of carbonyl (C=O) groups is 1. The van der Waals surface area contributed by atoms with E-state index in [4.69, 9.17) is 9.47 Å². The van der Waals surface area contributed by atoms with Crippen molar-refractivity contribution in [1.82, 2.24) is 15.0 Å². The SMILES string of the molecule is COc1cc(/C=N\Nc2nc(Nc3ccccc3)nc(N3CCCC3)n2)ccc1OC(=O)c1ccc(C)cc1. The molecule has 1 aliphatic rings. The van der Waals surface area contributed by atoms with Crippen LogP contribution in [0.5, 0.6) is 11.5 Å². The number of nitrogens with zero attached hydrogens (tertiary/aromatic N) is 5. The van der Waals surface area contributed by atoms with E-state index in [-0.39, 0.29) is 0 Å². The summed E-state index contributed by atoms with van der Waals surface area (Å²) in [6, 6.07) is 22.1. The maximum absolute atomic E-state index is 12.5. The largest absolute Gasteiger partial charge is 0.493 e. The number of rotatable bonds is 9. The van der Waals surface area contributed by atoms with Crippen molar-refractivity contribution in [2.75, 3.05) is 35.8 Å². The minimum Gasteiger partial charge on any atom is -0.493 e. The van der Waals surface area contributed by atoms with Gasteiger partial charge in [0.2, 0.25) is 17.8 Å². The van der Waals surface area contributed by atoms with Gasteiger partial charge in [0.15, 0.2) is 11.5 Å². The lowest BCUT2D eigenvalue weighted by Crippen LogP contribution is -2.21. The lowest BCUT2D eigenvalue weighted by Gasteiger charge is -2.16. The third-order valence-electron chi connectivity index (χ3n) is 6.10. The monoisotopic (exact) mass is 523 g/mol. The zero-order valence-electron chi connectivity index (χ0n) is 21.8. The van der Waals surface area contributed by atoms with Crippen LogP contribution in [0.15, 0.2) is 77.9 Å². The van der Waals surface area contributed by atoms with Gasteiger partial charge in [0.25, 0.3) is 0 Å². The van der Waals surface area contributed by atoms with Crippen molar-refractivity contribution in [2.24, 2.45) is 5.10 Å². The average molecular weight is 524 g/mol. The Kier molecular flexibility index (Phi) is 7.92. The van der Waals surface area contributed by atoms with Gasteiger partial charge in [-0.2, -0.15) is 20.1 Å². The number of hydrazone groups is 1. The van der Waals surface area contributed by atoms with Gasteiger partial charge in [-0.05, 0) is 67.8 Å². The molecule has 1 saturated heterocycles. The number of aromatic nitrogens is 3. The molecule has 0 radical (unpaired) electrons. The molecule has 0 atom stereocenters. The lowest BCUT2D eigenvalue weighted by atomic mass is 10.1. The summed E-state index contributed by atoms with van der Waals surface area (Å²) in [5.74, 6) is 1.61. The minimum atomic E-state index is -0.458. The summed E-state index contributed by atoms with van der Waals surface area (Å²) in [5, 5.41) is 7.54. The molecular weight excluding hydrogens is 494 g/mol. The molecule has 2 heterocycles. The Bertz CT molecular complexity index is 1450. The van der Waals surface area contributed by atoms with E-state index in [1.807, 2.05) is 49.4 Å². The molecule has 2 N–H and O–H groups in total. The molecule has 39 heavy (non-hydrogen) atoms. The number of esters is 1. The van der Waals surface area contributed by atoms with E-state index >= 15 is 0 Å². The third kappa shape index (κ3) is 6.67. The van der Waals surface area contributed by atoms with Crippen molar-refractivity contribution in [2.45, 2.75) is 19.8 Å². The first-order chi connectivity index (χ1) is 19.1. The van der Waals surface area contributed by atoms with E-state index < -0.39 is 5.97 Å². The Morgan fingerprint density at radius 3 is 2.41 bits per heavy atom. The number of para-hydroxylation sites is 1. The number of anilines is 4. The van der Waals surface area contributed by atoms with Crippen LogP contribution in [0.4, 0.5) is 23.5 Å². The smallest absolute Gasteiger partial charge is 0.343 e. The third-order valence-corrected chi connectivity index (χ3v) is 6.10. The van der Waals surface area contributed by atoms with Crippen LogP contribution < -0.4 is 25.1 Å². The minimum absolute atomic E-state index is 0.317. The van der Waals surface area contributed by atoms with Crippen LogP contribution in [-0.4, -0.2) is 47.3 Å². The second kappa shape index (κ2) is 12.0. The fourth-order valence-electron chi connectivity index (χ4n) is 4.04. The van der Waals surface area contributed by atoms with Crippen LogP contribution in [0.2, 0.25) is 0 Å². The van der Waals surface area contributed by atoms with Crippen molar-refractivity contribution < 1.29 is 14.3 Å². The number of nitrogens with one attached hydrogen (secondary N) is 2. The van der Waals surface area contributed by atoms with Crippen LogP contribution in [-0.2, 0) is 0 Å². The van der Waals surface area contributed by atoms with E-state index in [1.54, 1.807) is 36.5 Å². The number of benzene rings is 3. The second-order valence-electron chi connectivity index (χ2n) is 9.00. The number of hydrogen-bond donors (Lipinski definition) is 2. The normalized spacial score (nSPS) is 12.9. The molecule has 0 bridgehead atoms. The van der Waals surface area contributed by atoms with Crippen molar-refractivity contribution in [3.63, 3.8) is 0 Å². The average Bonchev–Trinajstić information content (AvgIpc) is 3.50. The van der Waals surface area contributed by atoms with Crippen LogP contribution in [0.1, 0.15) is 34.3 Å². The Hall–Kier alpha value is -4.99. The molecule has 0 saturated carbocycles. The van der Waals surface area contributed by atoms with Gasteiger partial charge in [-0.25, -0.2) is 10.2 Å². The maximum atomic E-state index is 12.5. The summed E-state index contributed by atoms with van der Waals surface area (Å²) in [7, 11) is 1.52. The molecule has 0 aliphatic carbocycles. The summed E-state index contributed by atoms with van der Waals surface area (Å²) in [6.07, 6.45) is 3.82. The highest BCUT2D eigenvalue weighted by molar-refractivity contribution is 5.91. The molecule has 198 valence electrons. The first-order valence-corrected chi connectivity index (χ1v) is 12.7. The van der Waals surface area contributed by atoms with Gasteiger partial charge in [0.05, 0.1) is 18.9 Å². The molecule has 1 aliphatic heterocycles. The molecule has 0 amide bonds. The van der Waals surface area contributed by atoms with Gasteiger partial charge >= 0.3 is 5.97 Å². The van der Waals surface area contributed by atoms with Gasteiger partial charge in [-0.1, -0.05) is 35.9 Å². The van der Waals surface area contributed by atoms with E-state index in [0.29, 0.717) is 34.9 Å². The van der Waals surface area contributed by atoms with Crippen LogP contribution in [0.3, 0.4) is 0 Å². The topological polar surface area (TPSA) is 114 Å². The summed E-state index contributed by atoms with van der Waals surface area (Å²) >= 11 is 0. The molecule has 5 rings (SSSR count). The Morgan fingerprint density at radius 1 is 0.923 bits per heavy atom. The standard InChI is InChI=1S/C29H29N7O3/c1-20-10-13-22(14-11-20)26(37)39-24-15-12-21(18-25(24)38-2)19-30-35-28-32-27(31-23-8-4-3-5-9-23)33-29(34-28)36-16-6-7-17-36/h3-5,8-15,18-19H,6-7,16-17H2,1-2H3,(H2,31,32,33,34,35)/b30-19-. The number of ether oxygens (including phenoxy) is 2. The molecule has 10 heteroatoms. The zero-order valence-corrected chi connectivity index (χ0v) is 21.8. The zero-order chi connectivity index (χ0) is 27.0. The molecule has 4 aromatic rings. The quantitative estimate of drug-likeness (QED) is 0.132. The van der Waals surface area contributed by atoms with Crippen molar-refractivity contribution >= 4 is 35.7 Å². The fraction of sp³-hybridized carbons (Fsp3) is 0.207. The highest BCUT2D eigenvalue weighted by Gasteiger charge is 2.18. The Labute approximate surface area is 226 Å². The number of methoxy groups -OCH3 is 1. The van der Waals surface area contributed by atoms with Gasteiger partial charge in [-0.15, -0.1) is 0 Å². The maximum Gasteiger partial charge on any atom is 0.343 e. The summed E-state index contributed by atoms with van der Waals surface area (Å²) in [5.41, 5.74) is 6.04. The van der Waals surface area contributed by atoms with Gasteiger partial charge in [0, 0.05) is 18.8 Å². The Balaban J connectivity index is 1.30. The summed E-state index contributed by atoms with van der Waals surface area (Å²) in [4.78, 5) is 28.3. The van der Waals surface area contributed by atoms with E-state index in [9.17, 15) is 4.79 Å².